The largest absolute Gasteiger partial charge is 0.368 e. The van der Waals surface area contributed by atoms with Crippen LogP contribution in [0.3, 0.4) is 0 Å². The zero-order valence-electron chi connectivity index (χ0n) is 8.76. The molecule has 0 rings (SSSR count). The van der Waals surface area contributed by atoms with Crippen LogP contribution in [-0.2, 0) is 9.59 Å². The van der Waals surface area contributed by atoms with Crippen LogP contribution >= 0.6 is 0 Å². The summed E-state index contributed by atoms with van der Waals surface area (Å²) >= 11 is 0. The van der Waals surface area contributed by atoms with Gasteiger partial charge in [0.1, 0.15) is 5.54 Å². The predicted octanol–water partition coefficient (Wildman–Crippen LogP) is 0.509. The Balaban J connectivity index is 4.76. The van der Waals surface area contributed by atoms with Crippen LogP contribution in [-0.4, -0.2) is 28.8 Å². The summed E-state index contributed by atoms with van der Waals surface area (Å²) < 4.78 is 0. The van der Waals surface area contributed by atoms with E-state index in [1.54, 1.807) is 20.8 Å². The molecule has 0 aromatic carbocycles. The van der Waals surface area contributed by atoms with Crippen LogP contribution in [0.1, 0.15) is 34.1 Å². The van der Waals surface area contributed by atoms with E-state index >= 15 is 0 Å². The molecule has 2 N–H and O–H groups in total. The van der Waals surface area contributed by atoms with Crippen molar-refractivity contribution in [2.24, 2.45) is 5.73 Å². The molecule has 0 atom stereocenters. The first kappa shape index (κ1) is 11.9. The molecule has 0 saturated heterocycles. The summed E-state index contributed by atoms with van der Waals surface area (Å²) in [6, 6.07) is 0. The molecule has 0 spiro atoms. The number of primary amides is 1. The highest BCUT2D eigenvalue weighted by molar-refractivity contribution is 5.89. The summed E-state index contributed by atoms with van der Waals surface area (Å²) in [6.45, 7) is 7.42. The Labute approximate surface area is 79.1 Å². The molecule has 0 unspecified atom stereocenters. The second kappa shape index (κ2) is 4.25. The van der Waals surface area contributed by atoms with Crippen molar-refractivity contribution in [3.05, 3.63) is 0 Å². The number of nitrogens with zero attached hydrogens (tertiary/aromatic N) is 1. The second-order valence-electron chi connectivity index (χ2n) is 3.41. The van der Waals surface area contributed by atoms with Gasteiger partial charge in [0, 0.05) is 13.0 Å². The molecule has 0 aliphatic heterocycles. The van der Waals surface area contributed by atoms with E-state index in [4.69, 9.17) is 5.73 Å². The molecule has 0 fully saturated rings. The van der Waals surface area contributed by atoms with Crippen LogP contribution in [0.15, 0.2) is 0 Å². The van der Waals surface area contributed by atoms with Gasteiger partial charge in [-0.05, 0) is 20.8 Å². The lowest BCUT2D eigenvalue weighted by atomic mass is 10.0. The van der Waals surface area contributed by atoms with Gasteiger partial charge in [0.25, 0.3) is 0 Å². The molecular formula is C9H18N2O2. The van der Waals surface area contributed by atoms with Gasteiger partial charge in [0.2, 0.25) is 11.8 Å². The summed E-state index contributed by atoms with van der Waals surface area (Å²) in [7, 11) is 0. The van der Waals surface area contributed by atoms with Gasteiger partial charge in [-0.2, -0.15) is 0 Å². The van der Waals surface area contributed by atoms with Crippen molar-refractivity contribution in [3.8, 4) is 0 Å². The Morgan fingerprint density at radius 3 is 2.00 bits per heavy atom. The summed E-state index contributed by atoms with van der Waals surface area (Å²) in [6.07, 6.45) is 0.393. The minimum absolute atomic E-state index is 0.0497. The first-order valence-corrected chi connectivity index (χ1v) is 4.48. The van der Waals surface area contributed by atoms with Gasteiger partial charge >= 0.3 is 0 Å². The first-order chi connectivity index (χ1) is 5.87. The standard InChI is InChI=1S/C9H18N2O2/c1-5-7(12)11(6-2)9(3,4)8(10)13/h5-6H2,1-4H3,(H2,10,13). The van der Waals surface area contributed by atoms with Crippen molar-refractivity contribution in [3.63, 3.8) is 0 Å². The maximum atomic E-state index is 11.4. The maximum absolute atomic E-state index is 11.4. The van der Waals surface area contributed by atoms with Crippen LogP contribution in [0.25, 0.3) is 0 Å². The average molecular weight is 186 g/mol. The molecule has 0 saturated carbocycles. The van der Waals surface area contributed by atoms with Gasteiger partial charge < -0.3 is 10.6 Å². The number of nitrogens with two attached hydrogens (primary N) is 1. The van der Waals surface area contributed by atoms with Gasteiger partial charge in [-0.25, -0.2) is 0 Å². The van der Waals surface area contributed by atoms with Crippen molar-refractivity contribution in [1.29, 1.82) is 0 Å². The number of amides is 2. The fourth-order valence-corrected chi connectivity index (χ4v) is 1.21. The smallest absolute Gasteiger partial charge is 0.242 e. The minimum atomic E-state index is -0.887. The third-order valence-corrected chi connectivity index (χ3v) is 2.20. The van der Waals surface area contributed by atoms with Gasteiger partial charge in [0.15, 0.2) is 0 Å². The molecule has 0 heterocycles. The zero-order valence-corrected chi connectivity index (χ0v) is 8.76. The molecule has 0 radical (unpaired) electrons. The van der Waals surface area contributed by atoms with Crippen molar-refractivity contribution in [2.75, 3.05) is 6.54 Å². The van der Waals surface area contributed by atoms with Crippen molar-refractivity contribution >= 4 is 11.8 Å². The van der Waals surface area contributed by atoms with Gasteiger partial charge in [-0.1, -0.05) is 6.92 Å². The Morgan fingerprint density at radius 2 is 1.77 bits per heavy atom. The highest BCUT2D eigenvalue weighted by Crippen LogP contribution is 2.14. The van der Waals surface area contributed by atoms with Crippen molar-refractivity contribution < 1.29 is 9.59 Å². The fourth-order valence-electron chi connectivity index (χ4n) is 1.21. The third-order valence-electron chi connectivity index (χ3n) is 2.20. The van der Waals surface area contributed by atoms with E-state index in [0.717, 1.165) is 0 Å². The predicted molar refractivity (Wildman–Crippen MR) is 51.0 cm³/mol. The van der Waals surface area contributed by atoms with Crippen molar-refractivity contribution in [2.45, 2.75) is 39.7 Å². The SMILES string of the molecule is CCC(=O)N(CC)C(C)(C)C(N)=O. The van der Waals surface area contributed by atoms with E-state index in [-0.39, 0.29) is 5.91 Å². The highest BCUT2D eigenvalue weighted by atomic mass is 16.2. The lowest BCUT2D eigenvalue weighted by Gasteiger charge is -2.35. The van der Waals surface area contributed by atoms with Crippen molar-refractivity contribution in [1.82, 2.24) is 4.90 Å². The quantitative estimate of drug-likeness (QED) is 0.695. The highest BCUT2D eigenvalue weighted by Gasteiger charge is 2.34. The minimum Gasteiger partial charge on any atom is -0.368 e. The zero-order chi connectivity index (χ0) is 10.6. The van der Waals surface area contributed by atoms with Crippen LogP contribution in [0.5, 0.6) is 0 Å². The number of rotatable bonds is 4. The van der Waals surface area contributed by atoms with E-state index in [1.807, 2.05) is 6.92 Å². The van der Waals surface area contributed by atoms with E-state index in [9.17, 15) is 9.59 Å². The van der Waals surface area contributed by atoms with Crippen LogP contribution in [0.4, 0.5) is 0 Å². The molecule has 0 aromatic rings. The molecule has 2 amide bonds. The fraction of sp³-hybridized carbons (Fsp3) is 0.778. The van der Waals surface area contributed by atoms with E-state index in [0.29, 0.717) is 13.0 Å². The summed E-state index contributed by atoms with van der Waals surface area (Å²) in [5.41, 5.74) is 4.32. The molecule has 76 valence electrons. The van der Waals surface area contributed by atoms with Gasteiger partial charge in [0.05, 0.1) is 0 Å². The van der Waals surface area contributed by atoms with E-state index in [2.05, 4.69) is 0 Å². The molecule has 0 aliphatic carbocycles. The van der Waals surface area contributed by atoms with Crippen LogP contribution < -0.4 is 5.73 Å². The number of likely N-dealkylation sites (N-methyl/N-ethyl adjacent to an activating group) is 1. The van der Waals surface area contributed by atoms with Crippen LogP contribution in [0.2, 0.25) is 0 Å². The van der Waals surface area contributed by atoms with E-state index in [1.165, 1.54) is 4.90 Å². The Morgan fingerprint density at radius 1 is 1.31 bits per heavy atom. The first-order valence-electron chi connectivity index (χ1n) is 4.48. The number of hydrogen-bond donors (Lipinski definition) is 1. The molecule has 4 nitrogen and oxygen atoms in total. The Hall–Kier alpha value is -1.06. The monoisotopic (exact) mass is 186 g/mol. The second-order valence-corrected chi connectivity index (χ2v) is 3.41. The number of hydrogen-bond acceptors (Lipinski definition) is 2. The average Bonchev–Trinajstić information content (AvgIpc) is 2.04. The molecular weight excluding hydrogens is 168 g/mol. The normalized spacial score (nSPS) is 11.1. The molecule has 0 bridgehead atoms. The summed E-state index contributed by atoms with van der Waals surface area (Å²) in [5, 5.41) is 0. The topological polar surface area (TPSA) is 63.4 Å². The number of carbonyl (C=O) groups excluding carboxylic acids is 2. The lowest BCUT2D eigenvalue weighted by molar-refractivity contribution is -0.143. The Bertz CT molecular complexity index is 212. The van der Waals surface area contributed by atoms with E-state index < -0.39 is 11.4 Å². The molecule has 0 aliphatic rings. The molecule has 0 aromatic heterocycles. The summed E-state index contributed by atoms with van der Waals surface area (Å²) in [5.74, 6) is -0.526. The third kappa shape index (κ3) is 2.44. The number of carbonyl (C=O) groups is 2. The molecule has 13 heavy (non-hydrogen) atoms. The molecule has 4 heteroatoms. The Kier molecular flexibility index (Phi) is 3.91. The summed E-state index contributed by atoms with van der Waals surface area (Å²) in [4.78, 5) is 24.0. The maximum Gasteiger partial charge on any atom is 0.242 e. The lowest BCUT2D eigenvalue weighted by Crippen LogP contribution is -2.55. The van der Waals surface area contributed by atoms with Gasteiger partial charge in [-0.3, -0.25) is 9.59 Å². The van der Waals surface area contributed by atoms with Crippen LogP contribution in [0, 0.1) is 0 Å². The van der Waals surface area contributed by atoms with Gasteiger partial charge in [-0.15, -0.1) is 0 Å².